The van der Waals surface area contributed by atoms with Gasteiger partial charge < -0.3 is 0 Å². The molecular weight excluding hydrogens is 204 g/mol. The molecule has 3 N–H and O–H groups in total. The third-order valence-electron chi connectivity index (χ3n) is 1.47. The van der Waals surface area contributed by atoms with Crippen LogP contribution in [0.4, 0.5) is 17.8 Å². The Bertz CT molecular complexity index is 277. The highest BCUT2D eigenvalue weighted by Gasteiger charge is 2.12. The summed E-state index contributed by atoms with van der Waals surface area (Å²) in [5.41, 5.74) is 0. The second kappa shape index (κ2) is 4.21. The highest BCUT2D eigenvalue weighted by atomic mass is 16.5. The Morgan fingerprint density at radius 2 is 0.867 bits per heavy atom. The van der Waals surface area contributed by atoms with Crippen LogP contribution in [0.3, 0.4) is 0 Å². The number of anilines is 3. The van der Waals surface area contributed by atoms with Crippen molar-refractivity contribution < 1.29 is 15.6 Å². The predicted octanol–water partition coefficient (Wildman–Crippen LogP) is -0.652. The van der Waals surface area contributed by atoms with Crippen molar-refractivity contribution in [3.8, 4) is 0 Å². The summed E-state index contributed by atoms with van der Waals surface area (Å²) in [6, 6.07) is 0. The Balaban J connectivity index is 3.20. The minimum Gasteiger partial charge on any atom is -0.286 e. The topological polar surface area (TPSA) is 109 Å². The molecule has 0 fully saturated rings. The van der Waals surface area contributed by atoms with Gasteiger partial charge in [0.05, 0.1) is 0 Å². The highest BCUT2D eigenvalue weighted by molar-refractivity contribution is 5.41. The van der Waals surface area contributed by atoms with Gasteiger partial charge in [-0.2, -0.15) is 15.0 Å². The maximum absolute atomic E-state index is 9.12. The molecule has 9 nitrogen and oxygen atoms in total. The van der Waals surface area contributed by atoms with E-state index in [4.69, 9.17) is 15.6 Å². The predicted molar refractivity (Wildman–Crippen MR) is 50.4 cm³/mol. The number of aromatic nitrogens is 3. The van der Waals surface area contributed by atoms with Crippen LogP contribution in [0.25, 0.3) is 0 Å². The molecule has 0 saturated carbocycles. The lowest BCUT2D eigenvalue weighted by Gasteiger charge is -2.15. The van der Waals surface area contributed by atoms with Gasteiger partial charge in [0, 0.05) is 21.1 Å². The molecule has 0 amide bonds. The first kappa shape index (κ1) is 11.4. The molecule has 9 heteroatoms. The van der Waals surface area contributed by atoms with Crippen molar-refractivity contribution in [2.75, 3.05) is 36.3 Å². The average molecular weight is 216 g/mol. The first-order valence-corrected chi connectivity index (χ1v) is 3.95. The summed E-state index contributed by atoms with van der Waals surface area (Å²) >= 11 is 0. The Morgan fingerprint density at radius 1 is 0.667 bits per heavy atom. The third kappa shape index (κ3) is 2.62. The van der Waals surface area contributed by atoms with Gasteiger partial charge in [-0.1, -0.05) is 0 Å². The zero-order valence-corrected chi connectivity index (χ0v) is 8.52. The van der Waals surface area contributed by atoms with Crippen LogP contribution in [0, 0.1) is 0 Å². The van der Waals surface area contributed by atoms with Crippen molar-refractivity contribution in [1.29, 1.82) is 0 Å². The Morgan fingerprint density at radius 3 is 1.00 bits per heavy atom. The minimum atomic E-state index is -0.100. The van der Waals surface area contributed by atoms with Crippen molar-refractivity contribution in [3.05, 3.63) is 0 Å². The number of hydroxylamine groups is 3. The largest absolute Gasteiger partial charge is 0.286 e. The molecule has 84 valence electrons. The van der Waals surface area contributed by atoms with E-state index in [2.05, 4.69) is 15.0 Å². The lowest BCUT2D eigenvalue weighted by molar-refractivity contribution is 0.255. The van der Waals surface area contributed by atoms with Gasteiger partial charge in [0.2, 0.25) is 0 Å². The van der Waals surface area contributed by atoms with E-state index in [1.807, 2.05) is 0 Å². The van der Waals surface area contributed by atoms with Crippen LogP contribution in [-0.2, 0) is 0 Å². The Hall–Kier alpha value is -1.71. The number of hydrogen-bond donors (Lipinski definition) is 3. The standard InChI is InChI=1S/C6H12N6O3/c1-10(13)4-7-5(11(2)14)9-6(8-4)12(3)15/h13-15H,1-3H3. The van der Waals surface area contributed by atoms with Crippen molar-refractivity contribution in [3.63, 3.8) is 0 Å². The van der Waals surface area contributed by atoms with Crippen molar-refractivity contribution in [2.45, 2.75) is 0 Å². The fourth-order valence-electron chi connectivity index (χ4n) is 0.777. The van der Waals surface area contributed by atoms with Gasteiger partial charge in [0.15, 0.2) is 0 Å². The minimum absolute atomic E-state index is 0.100. The van der Waals surface area contributed by atoms with Crippen LogP contribution in [0.1, 0.15) is 0 Å². The number of nitrogens with zero attached hydrogens (tertiary/aromatic N) is 6. The van der Waals surface area contributed by atoms with E-state index < -0.39 is 0 Å². The summed E-state index contributed by atoms with van der Waals surface area (Å²) in [4.78, 5) is 11.1. The summed E-state index contributed by atoms with van der Waals surface area (Å²) < 4.78 is 0. The molecule has 0 aliphatic carbocycles. The van der Waals surface area contributed by atoms with E-state index in [1.165, 1.54) is 21.1 Å². The van der Waals surface area contributed by atoms with Crippen LogP contribution >= 0.6 is 0 Å². The van der Waals surface area contributed by atoms with Gasteiger partial charge in [-0.05, 0) is 0 Å². The summed E-state index contributed by atoms with van der Waals surface area (Å²) in [6.45, 7) is 0. The van der Waals surface area contributed by atoms with Gasteiger partial charge >= 0.3 is 0 Å². The maximum atomic E-state index is 9.12. The van der Waals surface area contributed by atoms with E-state index in [0.29, 0.717) is 15.2 Å². The van der Waals surface area contributed by atoms with Crippen LogP contribution in [0.15, 0.2) is 0 Å². The van der Waals surface area contributed by atoms with E-state index in [9.17, 15) is 0 Å². The summed E-state index contributed by atoms with van der Waals surface area (Å²) in [5, 5.41) is 29.3. The van der Waals surface area contributed by atoms with Gasteiger partial charge in [0.1, 0.15) is 0 Å². The van der Waals surface area contributed by atoms with E-state index in [1.54, 1.807) is 0 Å². The number of hydrogen-bond acceptors (Lipinski definition) is 9. The lowest BCUT2D eigenvalue weighted by Crippen LogP contribution is -2.23. The van der Waals surface area contributed by atoms with Crippen LogP contribution in [-0.4, -0.2) is 51.7 Å². The molecule has 1 rings (SSSR count). The zero-order chi connectivity index (χ0) is 11.6. The van der Waals surface area contributed by atoms with Gasteiger partial charge in [-0.3, -0.25) is 15.6 Å². The van der Waals surface area contributed by atoms with Gasteiger partial charge in [-0.25, -0.2) is 15.2 Å². The molecule has 1 heterocycles. The van der Waals surface area contributed by atoms with Crippen LogP contribution in [0.2, 0.25) is 0 Å². The molecule has 0 saturated heterocycles. The molecular formula is C6H12N6O3. The molecule has 0 radical (unpaired) electrons. The first-order valence-electron chi connectivity index (χ1n) is 3.95. The SMILES string of the molecule is CN(O)c1nc(N(C)O)nc(N(C)O)n1. The second-order valence-electron chi connectivity index (χ2n) is 2.81. The van der Waals surface area contributed by atoms with E-state index in [-0.39, 0.29) is 17.8 Å². The van der Waals surface area contributed by atoms with E-state index >= 15 is 0 Å². The normalized spacial score (nSPS) is 10.0. The fraction of sp³-hybridized carbons (Fsp3) is 0.500. The lowest BCUT2D eigenvalue weighted by atomic mass is 10.8. The fourth-order valence-corrected chi connectivity index (χ4v) is 0.777. The second-order valence-corrected chi connectivity index (χ2v) is 2.81. The molecule has 15 heavy (non-hydrogen) atoms. The van der Waals surface area contributed by atoms with Gasteiger partial charge in [-0.15, -0.1) is 0 Å². The zero-order valence-electron chi connectivity index (χ0n) is 8.52. The third-order valence-corrected chi connectivity index (χ3v) is 1.47. The van der Waals surface area contributed by atoms with Crippen LogP contribution < -0.4 is 15.2 Å². The van der Waals surface area contributed by atoms with Gasteiger partial charge in [0.25, 0.3) is 17.8 Å². The van der Waals surface area contributed by atoms with Crippen LogP contribution in [0.5, 0.6) is 0 Å². The van der Waals surface area contributed by atoms with Crippen molar-refractivity contribution in [2.24, 2.45) is 0 Å². The summed E-state index contributed by atoms with van der Waals surface area (Å²) in [7, 11) is 3.91. The molecule has 1 aromatic rings. The average Bonchev–Trinajstić information content (AvgIpc) is 2.16. The molecule has 0 aromatic carbocycles. The quantitative estimate of drug-likeness (QED) is 0.567. The Labute approximate surface area is 85.7 Å². The molecule has 0 aliphatic heterocycles. The monoisotopic (exact) mass is 216 g/mol. The summed E-state index contributed by atoms with van der Waals surface area (Å²) in [5.74, 6) is -0.301. The molecule has 0 aliphatic rings. The van der Waals surface area contributed by atoms with E-state index in [0.717, 1.165) is 0 Å². The summed E-state index contributed by atoms with van der Waals surface area (Å²) in [6.07, 6.45) is 0. The van der Waals surface area contributed by atoms with Crippen molar-refractivity contribution in [1.82, 2.24) is 15.0 Å². The molecule has 0 unspecified atom stereocenters. The maximum Gasteiger partial charge on any atom is 0.256 e. The van der Waals surface area contributed by atoms with Crippen molar-refractivity contribution >= 4 is 17.8 Å². The molecule has 0 spiro atoms. The molecule has 1 aromatic heterocycles. The first-order chi connectivity index (χ1) is 6.91. The smallest absolute Gasteiger partial charge is 0.256 e. The highest BCUT2D eigenvalue weighted by Crippen LogP contribution is 2.14. The Kier molecular flexibility index (Phi) is 3.19. The number of rotatable bonds is 3. The molecule has 0 atom stereocenters. The molecule has 0 bridgehead atoms.